The van der Waals surface area contributed by atoms with Gasteiger partial charge in [-0.05, 0) is 29.5 Å². The fraction of sp³-hybridized carbons (Fsp3) is 0.278. The van der Waals surface area contributed by atoms with Crippen molar-refractivity contribution < 1.29 is 14.6 Å². The van der Waals surface area contributed by atoms with E-state index in [1.54, 1.807) is 0 Å². The summed E-state index contributed by atoms with van der Waals surface area (Å²) in [6.45, 7) is 0.690. The SMILES string of the molecule is O=C(O)C(CC1CO1)c1ccc(Cc2ccccc2)cc1. The van der Waals surface area contributed by atoms with Crippen LogP contribution in [0.15, 0.2) is 54.6 Å². The maximum atomic E-state index is 11.4. The lowest BCUT2D eigenvalue weighted by molar-refractivity contribution is -0.139. The van der Waals surface area contributed by atoms with Crippen molar-refractivity contribution in [1.29, 1.82) is 0 Å². The Hall–Kier alpha value is -2.13. The van der Waals surface area contributed by atoms with Crippen LogP contribution in [-0.2, 0) is 16.0 Å². The standard InChI is InChI=1S/C18H18O3/c19-18(20)17(11-16-12-21-16)15-8-6-14(7-9-15)10-13-4-2-1-3-5-13/h1-9,16-17H,10-12H2,(H,19,20). The van der Waals surface area contributed by atoms with Gasteiger partial charge in [0.1, 0.15) is 0 Å². The molecule has 0 spiro atoms. The average molecular weight is 282 g/mol. The van der Waals surface area contributed by atoms with E-state index >= 15 is 0 Å². The summed E-state index contributed by atoms with van der Waals surface area (Å²) in [6.07, 6.45) is 1.55. The molecule has 0 aliphatic carbocycles. The molecule has 1 aliphatic rings. The Bertz CT molecular complexity index is 600. The van der Waals surface area contributed by atoms with Crippen LogP contribution in [0.3, 0.4) is 0 Å². The van der Waals surface area contributed by atoms with E-state index in [0.29, 0.717) is 13.0 Å². The van der Waals surface area contributed by atoms with Crippen LogP contribution >= 0.6 is 0 Å². The minimum absolute atomic E-state index is 0.120. The monoisotopic (exact) mass is 282 g/mol. The molecule has 1 heterocycles. The summed E-state index contributed by atoms with van der Waals surface area (Å²) in [6, 6.07) is 18.2. The van der Waals surface area contributed by atoms with Gasteiger partial charge in [-0.15, -0.1) is 0 Å². The van der Waals surface area contributed by atoms with Gasteiger partial charge in [-0.25, -0.2) is 0 Å². The number of ether oxygens (including phenoxy) is 1. The highest BCUT2D eigenvalue weighted by Crippen LogP contribution is 2.28. The van der Waals surface area contributed by atoms with Crippen LogP contribution in [0.2, 0.25) is 0 Å². The van der Waals surface area contributed by atoms with Crippen molar-refractivity contribution in [2.45, 2.75) is 24.9 Å². The van der Waals surface area contributed by atoms with Crippen LogP contribution < -0.4 is 0 Å². The Morgan fingerprint density at radius 3 is 2.29 bits per heavy atom. The molecule has 2 atom stereocenters. The number of hydrogen-bond donors (Lipinski definition) is 1. The van der Waals surface area contributed by atoms with Crippen molar-refractivity contribution in [1.82, 2.24) is 0 Å². The van der Waals surface area contributed by atoms with Crippen molar-refractivity contribution in [3.63, 3.8) is 0 Å². The predicted octanol–water partition coefficient (Wildman–Crippen LogP) is 3.23. The highest BCUT2D eigenvalue weighted by atomic mass is 16.6. The van der Waals surface area contributed by atoms with Gasteiger partial charge in [-0.2, -0.15) is 0 Å². The van der Waals surface area contributed by atoms with Gasteiger partial charge in [0.15, 0.2) is 0 Å². The normalized spacial score (nSPS) is 18.2. The first-order chi connectivity index (χ1) is 10.2. The third-order valence-corrected chi connectivity index (χ3v) is 3.83. The molecule has 1 fully saturated rings. The van der Waals surface area contributed by atoms with Crippen LogP contribution in [0.4, 0.5) is 0 Å². The lowest BCUT2D eigenvalue weighted by Crippen LogP contribution is -2.14. The summed E-state index contributed by atoms with van der Waals surface area (Å²) in [5, 5.41) is 9.35. The maximum absolute atomic E-state index is 11.4. The Morgan fingerprint density at radius 1 is 1.10 bits per heavy atom. The molecule has 21 heavy (non-hydrogen) atoms. The molecule has 1 N–H and O–H groups in total. The molecular formula is C18H18O3. The summed E-state index contributed by atoms with van der Waals surface area (Å²) >= 11 is 0. The number of carboxylic acids is 1. The molecule has 0 amide bonds. The maximum Gasteiger partial charge on any atom is 0.311 e. The third kappa shape index (κ3) is 3.70. The predicted molar refractivity (Wildman–Crippen MR) is 80.4 cm³/mol. The van der Waals surface area contributed by atoms with E-state index in [2.05, 4.69) is 12.1 Å². The van der Waals surface area contributed by atoms with Crippen LogP contribution in [0.25, 0.3) is 0 Å². The van der Waals surface area contributed by atoms with Gasteiger partial charge in [-0.1, -0.05) is 54.6 Å². The first kappa shape index (κ1) is 13.8. The molecule has 0 saturated carbocycles. The Balaban J connectivity index is 1.71. The first-order valence-electron chi connectivity index (χ1n) is 7.19. The van der Waals surface area contributed by atoms with Crippen molar-refractivity contribution in [3.8, 4) is 0 Å². The molecule has 0 bridgehead atoms. The molecule has 1 aliphatic heterocycles. The van der Waals surface area contributed by atoms with Crippen molar-refractivity contribution in [2.75, 3.05) is 6.61 Å². The van der Waals surface area contributed by atoms with Crippen molar-refractivity contribution in [3.05, 3.63) is 71.3 Å². The fourth-order valence-electron chi connectivity index (χ4n) is 2.55. The molecule has 108 valence electrons. The molecule has 1 saturated heterocycles. The second-order valence-corrected chi connectivity index (χ2v) is 5.49. The number of epoxide rings is 1. The molecule has 0 aromatic heterocycles. The van der Waals surface area contributed by atoms with Crippen LogP contribution in [-0.4, -0.2) is 23.8 Å². The van der Waals surface area contributed by atoms with Gasteiger partial charge in [-0.3, -0.25) is 4.79 Å². The zero-order valence-corrected chi connectivity index (χ0v) is 11.7. The molecule has 0 radical (unpaired) electrons. The summed E-state index contributed by atoms with van der Waals surface area (Å²) in [4.78, 5) is 11.4. The molecule has 2 unspecified atom stereocenters. The highest BCUT2D eigenvalue weighted by molar-refractivity contribution is 5.76. The zero-order chi connectivity index (χ0) is 14.7. The summed E-state index contributed by atoms with van der Waals surface area (Å²) in [5.41, 5.74) is 3.30. The van der Waals surface area contributed by atoms with E-state index in [9.17, 15) is 9.90 Å². The topological polar surface area (TPSA) is 49.8 Å². The first-order valence-corrected chi connectivity index (χ1v) is 7.19. The van der Waals surface area contributed by atoms with Gasteiger partial charge in [0.2, 0.25) is 0 Å². The lowest BCUT2D eigenvalue weighted by atomic mass is 9.93. The quantitative estimate of drug-likeness (QED) is 0.827. The second kappa shape index (κ2) is 6.10. The minimum atomic E-state index is -0.777. The second-order valence-electron chi connectivity index (χ2n) is 5.49. The summed E-state index contributed by atoms with van der Waals surface area (Å²) < 4.78 is 5.15. The molecule has 2 aromatic carbocycles. The minimum Gasteiger partial charge on any atom is -0.481 e. The third-order valence-electron chi connectivity index (χ3n) is 3.83. The van der Waals surface area contributed by atoms with Gasteiger partial charge in [0.25, 0.3) is 0 Å². The van der Waals surface area contributed by atoms with Crippen LogP contribution in [0.5, 0.6) is 0 Å². The van der Waals surface area contributed by atoms with E-state index in [0.717, 1.165) is 12.0 Å². The number of carbonyl (C=O) groups is 1. The smallest absolute Gasteiger partial charge is 0.311 e. The van der Waals surface area contributed by atoms with Crippen molar-refractivity contribution >= 4 is 5.97 Å². The number of aliphatic carboxylic acids is 1. The van der Waals surface area contributed by atoms with E-state index in [4.69, 9.17) is 4.74 Å². The highest BCUT2D eigenvalue weighted by Gasteiger charge is 2.31. The molecule has 3 rings (SSSR count). The number of carboxylic acid groups (broad SMARTS) is 1. The van der Waals surface area contributed by atoms with E-state index in [-0.39, 0.29) is 6.10 Å². The van der Waals surface area contributed by atoms with Gasteiger partial charge in [0.05, 0.1) is 18.6 Å². The van der Waals surface area contributed by atoms with Gasteiger partial charge < -0.3 is 9.84 Å². The lowest BCUT2D eigenvalue weighted by Gasteiger charge is -2.12. The molecular weight excluding hydrogens is 264 g/mol. The molecule has 2 aromatic rings. The fourth-order valence-corrected chi connectivity index (χ4v) is 2.55. The van der Waals surface area contributed by atoms with Crippen LogP contribution in [0.1, 0.15) is 29.0 Å². The number of benzene rings is 2. The van der Waals surface area contributed by atoms with Gasteiger partial charge >= 0.3 is 5.97 Å². The Labute approximate surface area is 124 Å². The Kier molecular flexibility index (Phi) is 4.02. The average Bonchev–Trinajstić information content (AvgIpc) is 3.31. The van der Waals surface area contributed by atoms with Crippen molar-refractivity contribution in [2.24, 2.45) is 0 Å². The molecule has 3 heteroatoms. The summed E-state index contributed by atoms with van der Waals surface area (Å²) in [7, 11) is 0. The number of rotatable bonds is 6. The van der Waals surface area contributed by atoms with E-state index in [1.165, 1.54) is 11.1 Å². The van der Waals surface area contributed by atoms with E-state index < -0.39 is 11.9 Å². The largest absolute Gasteiger partial charge is 0.481 e. The number of hydrogen-bond acceptors (Lipinski definition) is 2. The zero-order valence-electron chi connectivity index (χ0n) is 11.7. The van der Waals surface area contributed by atoms with Crippen LogP contribution in [0, 0.1) is 0 Å². The Morgan fingerprint density at radius 2 is 1.71 bits per heavy atom. The summed E-state index contributed by atoms with van der Waals surface area (Å²) in [5.74, 6) is -1.25. The molecule has 3 nitrogen and oxygen atoms in total. The van der Waals surface area contributed by atoms with E-state index in [1.807, 2.05) is 42.5 Å². The van der Waals surface area contributed by atoms with Gasteiger partial charge in [0, 0.05) is 0 Å².